The molecule has 0 atom stereocenters. The highest BCUT2D eigenvalue weighted by Crippen LogP contribution is 2.10. The lowest BCUT2D eigenvalue weighted by Crippen LogP contribution is -2.31. The van der Waals surface area contributed by atoms with Crippen molar-refractivity contribution >= 4 is 0 Å². The molecule has 0 saturated carbocycles. The van der Waals surface area contributed by atoms with E-state index in [1.54, 1.807) is 0 Å². The maximum Gasteiger partial charge on any atom is 0.177 e. The summed E-state index contributed by atoms with van der Waals surface area (Å²) in [6.45, 7) is 6.54. The van der Waals surface area contributed by atoms with E-state index in [1.165, 1.54) is 11.3 Å². The van der Waals surface area contributed by atoms with E-state index in [9.17, 15) is 0 Å². The predicted molar refractivity (Wildman–Crippen MR) is 46.4 cm³/mol. The SMILES string of the molecule is Cc1ccc(C(C)C)c[n+]1C. The van der Waals surface area contributed by atoms with Crippen molar-refractivity contribution in [2.24, 2.45) is 7.05 Å². The van der Waals surface area contributed by atoms with Gasteiger partial charge in [-0.05, 0) is 12.0 Å². The number of hydrogen-bond donors (Lipinski definition) is 0. The van der Waals surface area contributed by atoms with E-state index in [0.717, 1.165) is 0 Å². The van der Waals surface area contributed by atoms with Crippen molar-refractivity contribution in [1.29, 1.82) is 0 Å². The largest absolute Gasteiger partial charge is 0.205 e. The van der Waals surface area contributed by atoms with Crippen molar-refractivity contribution in [2.75, 3.05) is 0 Å². The van der Waals surface area contributed by atoms with Crippen LogP contribution in [0.3, 0.4) is 0 Å². The predicted octanol–water partition coefficient (Wildman–Crippen LogP) is 1.94. The van der Waals surface area contributed by atoms with Gasteiger partial charge in [0.2, 0.25) is 0 Å². The zero-order chi connectivity index (χ0) is 8.43. The van der Waals surface area contributed by atoms with Gasteiger partial charge in [0.1, 0.15) is 7.05 Å². The van der Waals surface area contributed by atoms with E-state index < -0.39 is 0 Å². The summed E-state index contributed by atoms with van der Waals surface area (Å²) in [6.07, 6.45) is 2.19. The van der Waals surface area contributed by atoms with E-state index >= 15 is 0 Å². The zero-order valence-electron chi connectivity index (χ0n) is 7.76. The van der Waals surface area contributed by atoms with E-state index in [1.807, 2.05) is 0 Å². The average Bonchev–Trinajstić information content (AvgIpc) is 1.94. The highest BCUT2D eigenvalue weighted by molar-refractivity contribution is 5.12. The van der Waals surface area contributed by atoms with Gasteiger partial charge in [0.25, 0.3) is 0 Å². The average molecular weight is 150 g/mol. The normalized spacial score (nSPS) is 10.6. The third-order valence-corrected chi connectivity index (χ3v) is 2.08. The zero-order valence-corrected chi connectivity index (χ0v) is 7.76. The fourth-order valence-corrected chi connectivity index (χ4v) is 1.04. The Morgan fingerprint density at radius 1 is 1.27 bits per heavy atom. The van der Waals surface area contributed by atoms with Crippen molar-refractivity contribution in [3.8, 4) is 0 Å². The van der Waals surface area contributed by atoms with Gasteiger partial charge in [-0.25, -0.2) is 4.57 Å². The Balaban J connectivity index is 3.05. The highest BCUT2D eigenvalue weighted by atomic mass is 14.9. The Bertz CT molecular complexity index is 251. The molecule has 1 aromatic rings. The van der Waals surface area contributed by atoms with E-state index in [4.69, 9.17) is 0 Å². The summed E-state index contributed by atoms with van der Waals surface area (Å²) >= 11 is 0. The quantitative estimate of drug-likeness (QED) is 0.539. The first kappa shape index (κ1) is 8.25. The Kier molecular flexibility index (Phi) is 2.28. The summed E-state index contributed by atoms with van der Waals surface area (Å²) in [7, 11) is 2.08. The van der Waals surface area contributed by atoms with Gasteiger partial charge >= 0.3 is 0 Å². The smallest absolute Gasteiger partial charge is 0.177 e. The first-order chi connectivity index (χ1) is 5.11. The Morgan fingerprint density at radius 3 is 2.36 bits per heavy atom. The Labute approximate surface area is 68.7 Å². The Morgan fingerprint density at radius 2 is 1.91 bits per heavy atom. The molecule has 0 fully saturated rings. The molecule has 1 nitrogen and oxygen atoms in total. The maximum atomic E-state index is 2.21. The maximum absolute atomic E-state index is 2.21. The molecule has 0 N–H and O–H groups in total. The van der Waals surface area contributed by atoms with Crippen molar-refractivity contribution in [1.82, 2.24) is 0 Å². The van der Waals surface area contributed by atoms with Crippen LogP contribution in [0, 0.1) is 6.92 Å². The number of hydrogen-bond acceptors (Lipinski definition) is 0. The highest BCUT2D eigenvalue weighted by Gasteiger charge is 2.04. The van der Waals surface area contributed by atoms with Gasteiger partial charge < -0.3 is 0 Å². The number of aromatic nitrogens is 1. The van der Waals surface area contributed by atoms with Crippen LogP contribution in [-0.2, 0) is 7.05 Å². The lowest BCUT2D eigenvalue weighted by atomic mass is 10.1. The molecule has 0 amide bonds. The third kappa shape index (κ3) is 1.79. The van der Waals surface area contributed by atoms with Gasteiger partial charge in [-0.15, -0.1) is 0 Å². The molecule has 0 aliphatic rings. The van der Waals surface area contributed by atoms with Crippen molar-refractivity contribution in [3.63, 3.8) is 0 Å². The summed E-state index contributed by atoms with van der Waals surface area (Å²) in [5.74, 6) is 0.627. The summed E-state index contributed by atoms with van der Waals surface area (Å²) < 4.78 is 2.16. The molecule has 0 saturated heterocycles. The van der Waals surface area contributed by atoms with Crippen molar-refractivity contribution in [3.05, 3.63) is 29.6 Å². The molecule has 0 aromatic carbocycles. The first-order valence-corrected chi connectivity index (χ1v) is 4.07. The molecule has 0 unspecified atom stereocenters. The minimum Gasteiger partial charge on any atom is -0.205 e. The number of aryl methyl sites for hydroxylation is 2. The Hall–Kier alpha value is -0.850. The molecule has 1 rings (SSSR count). The van der Waals surface area contributed by atoms with Crippen LogP contribution in [-0.4, -0.2) is 0 Å². The molecule has 0 aliphatic heterocycles. The van der Waals surface area contributed by atoms with Crippen LogP contribution in [0.5, 0.6) is 0 Å². The van der Waals surface area contributed by atoms with Gasteiger partial charge in [0.05, 0.1) is 0 Å². The molecule has 0 bridgehead atoms. The van der Waals surface area contributed by atoms with E-state index in [0.29, 0.717) is 5.92 Å². The van der Waals surface area contributed by atoms with E-state index in [-0.39, 0.29) is 0 Å². The van der Waals surface area contributed by atoms with Crippen molar-refractivity contribution in [2.45, 2.75) is 26.7 Å². The van der Waals surface area contributed by atoms with Crippen LogP contribution in [0.15, 0.2) is 18.3 Å². The molecular formula is C10H16N+. The van der Waals surface area contributed by atoms with Gasteiger partial charge in [-0.3, -0.25) is 0 Å². The summed E-state index contributed by atoms with van der Waals surface area (Å²) in [4.78, 5) is 0. The number of nitrogens with zero attached hydrogens (tertiary/aromatic N) is 1. The summed E-state index contributed by atoms with van der Waals surface area (Å²) in [5, 5.41) is 0. The standard InChI is InChI=1S/C10H16N/c1-8(2)10-6-5-9(3)11(4)7-10/h5-8H,1-4H3/q+1. The molecule has 0 radical (unpaired) electrons. The summed E-state index contributed by atoms with van der Waals surface area (Å²) in [6, 6.07) is 4.36. The summed E-state index contributed by atoms with van der Waals surface area (Å²) in [5.41, 5.74) is 2.70. The lowest BCUT2D eigenvalue weighted by molar-refractivity contribution is -0.678. The third-order valence-electron chi connectivity index (χ3n) is 2.08. The molecule has 0 spiro atoms. The molecular weight excluding hydrogens is 134 g/mol. The number of pyridine rings is 1. The van der Waals surface area contributed by atoms with Crippen LogP contribution in [0.2, 0.25) is 0 Å². The fourth-order valence-electron chi connectivity index (χ4n) is 1.04. The minimum absolute atomic E-state index is 0.627. The van der Waals surface area contributed by atoms with Crippen LogP contribution in [0.4, 0.5) is 0 Å². The van der Waals surface area contributed by atoms with Gasteiger partial charge in [0, 0.05) is 18.6 Å². The monoisotopic (exact) mass is 150 g/mol. The molecule has 0 aliphatic carbocycles. The fraction of sp³-hybridized carbons (Fsp3) is 0.500. The van der Waals surface area contributed by atoms with Gasteiger partial charge in [-0.1, -0.05) is 13.8 Å². The second-order valence-corrected chi connectivity index (χ2v) is 3.37. The molecule has 60 valence electrons. The first-order valence-electron chi connectivity index (χ1n) is 4.07. The second-order valence-electron chi connectivity index (χ2n) is 3.37. The molecule has 1 aromatic heterocycles. The van der Waals surface area contributed by atoms with Crippen LogP contribution in [0.25, 0.3) is 0 Å². The number of rotatable bonds is 1. The second kappa shape index (κ2) is 3.04. The lowest BCUT2D eigenvalue weighted by Gasteiger charge is -2.02. The van der Waals surface area contributed by atoms with Gasteiger partial charge in [0.15, 0.2) is 11.9 Å². The van der Waals surface area contributed by atoms with Crippen LogP contribution >= 0.6 is 0 Å². The molecule has 11 heavy (non-hydrogen) atoms. The molecule has 1 heterocycles. The minimum atomic E-state index is 0.627. The van der Waals surface area contributed by atoms with Crippen LogP contribution in [0.1, 0.15) is 31.0 Å². The molecule has 1 heteroatoms. The van der Waals surface area contributed by atoms with Crippen molar-refractivity contribution < 1.29 is 4.57 Å². The van der Waals surface area contributed by atoms with Gasteiger partial charge in [-0.2, -0.15) is 0 Å². The van der Waals surface area contributed by atoms with Crippen LogP contribution < -0.4 is 4.57 Å². The topological polar surface area (TPSA) is 3.88 Å². The van der Waals surface area contributed by atoms with E-state index in [2.05, 4.69) is 50.7 Å².